The maximum Gasteiger partial charge on any atom is 0.310 e. The van der Waals surface area contributed by atoms with Crippen molar-refractivity contribution in [2.75, 3.05) is 0 Å². The lowest BCUT2D eigenvalue weighted by atomic mass is 9.67. The van der Waals surface area contributed by atoms with Gasteiger partial charge in [-0.15, -0.1) is 0 Å². The maximum atomic E-state index is 13.1. The SMILES string of the molecule is CCC(C)(C)CC(OC(=O)C1CCCCC1C(=O)O)C1CCC(C(C)(C)C)CC1. The van der Waals surface area contributed by atoms with Crippen LogP contribution in [0.25, 0.3) is 0 Å². The molecule has 1 N–H and O–H groups in total. The molecular formula is C25H44O4. The first-order valence-corrected chi connectivity index (χ1v) is 11.9. The minimum absolute atomic E-state index is 0.0882. The van der Waals surface area contributed by atoms with E-state index in [-0.39, 0.29) is 17.5 Å². The summed E-state index contributed by atoms with van der Waals surface area (Å²) in [4.78, 5) is 24.7. The third-order valence-corrected chi connectivity index (χ3v) is 7.89. The maximum absolute atomic E-state index is 13.1. The van der Waals surface area contributed by atoms with Crippen molar-refractivity contribution in [3.05, 3.63) is 0 Å². The van der Waals surface area contributed by atoms with Gasteiger partial charge in [0.05, 0.1) is 11.8 Å². The molecule has 2 saturated carbocycles. The van der Waals surface area contributed by atoms with E-state index in [2.05, 4.69) is 41.5 Å². The Kier molecular flexibility index (Phi) is 8.21. The summed E-state index contributed by atoms with van der Waals surface area (Å²) in [5.41, 5.74) is 0.446. The van der Waals surface area contributed by atoms with Crippen LogP contribution >= 0.6 is 0 Å². The first-order valence-electron chi connectivity index (χ1n) is 11.9. The molecule has 0 heterocycles. The molecule has 3 atom stereocenters. The largest absolute Gasteiger partial charge is 0.481 e. The molecule has 2 rings (SSSR count). The molecule has 2 aliphatic carbocycles. The number of carboxylic acids is 1. The third-order valence-electron chi connectivity index (χ3n) is 7.89. The molecule has 4 nitrogen and oxygen atoms in total. The molecule has 0 spiro atoms. The predicted octanol–water partition coefficient (Wildman–Crippen LogP) is 6.47. The van der Waals surface area contributed by atoms with Crippen molar-refractivity contribution in [2.45, 2.75) is 112 Å². The van der Waals surface area contributed by atoms with Crippen LogP contribution in [0.15, 0.2) is 0 Å². The Hall–Kier alpha value is -1.06. The first-order chi connectivity index (χ1) is 13.4. The Balaban J connectivity index is 2.10. The number of carbonyl (C=O) groups excluding carboxylic acids is 1. The average Bonchev–Trinajstić information content (AvgIpc) is 2.66. The molecule has 0 bridgehead atoms. The van der Waals surface area contributed by atoms with E-state index in [0.717, 1.165) is 44.4 Å². The molecular weight excluding hydrogens is 364 g/mol. The molecule has 2 aliphatic rings. The van der Waals surface area contributed by atoms with Gasteiger partial charge >= 0.3 is 11.9 Å². The zero-order valence-electron chi connectivity index (χ0n) is 19.6. The molecule has 0 aromatic rings. The van der Waals surface area contributed by atoms with Gasteiger partial charge in [0.1, 0.15) is 6.10 Å². The second-order valence-corrected chi connectivity index (χ2v) is 11.5. The van der Waals surface area contributed by atoms with Crippen molar-refractivity contribution in [1.29, 1.82) is 0 Å². The van der Waals surface area contributed by atoms with Crippen LogP contribution in [0.5, 0.6) is 0 Å². The molecule has 0 aromatic carbocycles. The number of ether oxygens (including phenoxy) is 1. The molecule has 3 unspecified atom stereocenters. The molecule has 4 heteroatoms. The Morgan fingerprint density at radius 1 is 0.931 bits per heavy atom. The molecule has 0 aromatic heterocycles. The van der Waals surface area contributed by atoms with Gasteiger partial charge < -0.3 is 9.84 Å². The lowest BCUT2D eigenvalue weighted by Gasteiger charge is -2.41. The molecule has 0 aliphatic heterocycles. The van der Waals surface area contributed by atoms with Crippen molar-refractivity contribution < 1.29 is 19.4 Å². The number of carbonyl (C=O) groups is 2. The van der Waals surface area contributed by atoms with E-state index in [1.54, 1.807) is 0 Å². The van der Waals surface area contributed by atoms with Gasteiger partial charge in [0, 0.05) is 0 Å². The van der Waals surface area contributed by atoms with Crippen LogP contribution in [-0.4, -0.2) is 23.1 Å². The van der Waals surface area contributed by atoms with E-state index in [1.807, 2.05) is 0 Å². The van der Waals surface area contributed by atoms with Crippen LogP contribution < -0.4 is 0 Å². The van der Waals surface area contributed by atoms with Crippen molar-refractivity contribution in [2.24, 2.45) is 34.5 Å². The highest BCUT2D eigenvalue weighted by Crippen LogP contribution is 2.44. The van der Waals surface area contributed by atoms with Crippen LogP contribution in [0.4, 0.5) is 0 Å². The lowest BCUT2D eigenvalue weighted by Crippen LogP contribution is -2.40. The van der Waals surface area contributed by atoms with Crippen molar-refractivity contribution in [3.8, 4) is 0 Å². The Labute approximate surface area is 178 Å². The van der Waals surface area contributed by atoms with E-state index in [0.29, 0.717) is 24.2 Å². The number of carboxylic acid groups (broad SMARTS) is 1. The summed E-state index contributed by atoms with van der Waals surface area (Å²) in [6.07, 6.45) is 9.47. The predicted molar refractivity (Wildman–Crippen MR) is 117 cm³/mol. The van der Waals surface area contributed by atoms with Gasteiger partial charge in [-0.2, -0.15) is 0 Å². The summed E-state index contributed by atoms with van der Waals surface area (Å²) in [5, 5.41) is 9.56. The van der Waals surface area contributed by atoms with Gasteiger partial charge in [-0.05, 0) is 67.6 Å². The van der Waals surface area contributed by atoms with Gasteiger partial charge in [0.25, 0.3) is 0 Å². The van der Waals surface area contributed by atoms with E-state index >= 15 is 0 Å². The Morgan fingerprint density at radius 2 is 1.48 bits per heavy atom. The molecule has 0 saturated heterocycles. The molecule has 0 amide bonds. The Morgan fingerprint density at radius 3 is 1.97 bits per heavy atom. The fourth-order valence-electron chi connectivity index (χ4n) is 5.30. The number of rotatable bonds is 7. The highest BCUT2D eigenvalue weighted by Gasteiger charge is 2.41. The monoisotopic (exact) mass is 408 g/mol. The average molecular weight is 409 g/mol. The zero-order valence-corrected chi connectivity index (χ0v) is 19.6. The first kappa shape index (κ1) is 24.2. The smallest absolute Gasteiger partial charge is 0.310 e. The fraction of sp³-hybridized carbons (Fsp3) is 0.920. The third kappa shape index (κ3) is 6.72. The molecule has 168 valence electrons. The van der Waals surface area contributed by atoms with Gasteiger partial charge in [-0.1, -0.05) is 60.8 Å². The van der Waals surface area contributed by atoms with E-state index in [9.17, 15) is 14.7 Å². The summed E-state index contributed by atoms with van der Waals surface area (Å²) < 4.78 is 6.17. The van der Waals surface area contributed by atoms with E-state index < -0.39 is 17.8 Å². The lowest BCUT2D eigenvalue weighted by molar-refractivity contribution is -0.168. The van der Waals surface area contributed by atoms with Gasteiger partial charge in [-0.3, -0.25) is 9.59 Å². The Bertz CT molecular complexity index is 552. The topological polar surface area (TPSA) is 63.6 Å². The highest BCUT2D eigenvalue weighted by molar-refractivity contribution is 5.81. The highest BCUT2D eigenvalue weighted by atomic mass is 16.5. The van der Waals surface area contributed by atoms with Gasteiger partial charge in [0.15, 0.2) is 0 Å². The van der Waals surface area contributed by atoms with E-state index in [4.69, 9.17) is 4.74 Å². The second kappa shape index (κ2) is 9.83. The standard InChI is InChI=1S/C25H44O4/c1-7-25(5,6)16-21(17-12-14-18(15-13-17)24(2,3)4)29-23(28)20-11-9-8-10-19(20)22(26)27/h17-21H,7-16H2,1-6H3,(H,26,27). The second-order valence-electron chi connectivity index (χ2n) is 11.5. The molecule has 2 fully saturated rings. The number of hydrogen-bond acceptors (Lipinski definition) is 3. The van der Waals surface area contributed by atoms with Crippen LogP contribution in [0, 0.1) is 34.5 Å². The summed E-state index contributed by atoms with van der Waals surface area (Å²) in [7, 11) is 0. The summed E-state index contributed by atoms with van der Waals surface area (Å²) in [6, 6.07) is 0. The summed E-state index contributed by atoms with van der Waals surface area (Å²) in [6.45, 7) is 13.7. The minimum Gasteiger partial charge on any atom is -0.481 e. The van der Waals surface area contributed by atoms with Gasteiger partial charge in [0.2, 0.25) is 0 Å². The van der Waals surface area contributed by atoms with Crippen molar-refractivity contribution >= 4 is 11.9 Å². The van der Waals surface area contributed by atoms with Crippen molar-refractivity contribution in [1.82, 2.24) is 0 Å². The fourth-order valence-corrected chi connectivity index (χ4v) is 5.30. The van der Waals surface area contributed by atoms with Gasteiger partial charge in [-0.25, -0.2) is 0 Å². The van der Waals surface area contributed by atoms with Crippen LogP contribution in [-0.2, 0) is 14.3 Å². The number of esters is 1. The number of hydrogen-bond donors (Lipinski definition) is 1. The molecule has 29 heavy (non-hydrogen) atoms. The molecule has 0 radical (unpaired) electrons. The van der Waals surface area contributed by atoms with Crippen LogP contribution in [0.2, 0.25) is 0 Å². The van der Waals surface area contributed by atoms with Crippen molar-refractivity contribution in [3.63, 3.8) is 0 Å². The quantitative estimate of drug-likeness (QED) is 0.490. The zero-order chi connectivity index (χ0) is 21.8. The number of aliphatic carboxylic acids is 1. The summed E-state index contributed by atoms with van der Waals surface area (Å²) in [5.74, 6) is -1.03. The minimum atomic E-state index is -0.845. The summed E-state index contributed by atoms with van der Waals surface area (Å²) >= 11 is 0. The van der Waals surface area contributed by atoms with E-state index in [1.165, 1.54) is 12.8 Å². The van der Waals surface area contributed by atoms with Crippen LogP contribution in [0.1, 0.15) is 106 Å². The normalized spacial score (nSPS) is 29.9. The van der Waals surface area contributed by atoms with Crippen LogP contribution in [0.3, 0.4) is 0 Å².